The van der Waals surface area contributed by atoms with Crippen molar-refractivity contribution in [3.63, 3.8) is 0 Å². The van der Waals surface area contributed by atoms with Crippen molar-refractivity contribution in [3.05, 3.63) is 29.1 Å². The molecule has 1 heterocycles. The number of rotatable bonds is 4. The number of benzene rings is 1. The lowest BCUT2D eigenvalue weighted by Gasteiger charge is -2.03. The monoisotopic (exact) mass is 263 g/mol. The smallest absolute Gasteiger partial charge is 0.265 e. The number of amides is 1. The van der Waals surface area contributed by atoms with E-state index < -0.39 is 0 Å². The maximum absolute atomic E-state index is 11.8. The van der Waals surface area contributed by atoms with Gasteiger partial charge in [-0.2, -0.15) is 0 Å². The molecule has 0 saturated carbocycles. The van der Waals surface area contributed by atoms with Crippen LogP contribution in [0.25, 0.3) is 11.3 Å². The van der Waals surface area contributed by atoms with Gasteiger partial charge in [-0.05, 0) is 42.7 Å². The average molecular weight is 263 g/mol. The summed E-state index contributed by atoms with van der Waals surface area (Å²) in [5.74, 6) is 0.625. The number of aromatic nitrogens is 2. The van der Waals surface area contributed by atoms with E-state index in [1.807, 2.05) is 31.2 Å². The fourth-order valence-corrected chi connectivity index (χ4v) is 2.12. The molecule has 94 valence electrons. The number of methoxy groups -OCH3 is 1. The third-order valence-corrected chi connectivity index (χ3v) is 3.12. The summed E-state index contributed by atoms with van der Waals surface area (Å²) in [6.07, 6.45) is 0. The van der Waals surface area contributed by atoms with Crippen LogP contribution in [0.5, 0.6) is 5.75 Å². The first-order valence-electron chi connectivity index (χ1n) is 5.51. The second kappa shape index (κ2) is 5.59. The summed E-state index contributed by atoms with van der Waals surface area (Å²) in [7, 11) is 1.61. The van der Waals surface area contributed by atoms with Gasteiger partial charge in [-0.1, -0.05) is 4.49 Å². The minimum absolute atomic E-state index is 0.140. The summed E-state index contributed by atoms with van der Waals surface area (Å²) in [6, 6.07) is 7.38. The summed E-state index contributed by atoms with van der Waals surface area (Å²) in [5.41, 5.74) is 1.46. The number of nitrogens with zero attached hydrogens (tertiary/aromatic N) is 2. The zero-order valence-electron chi connectivity index (χ0n) is 10.1. The van der Waals surface area contributed by atoms with E-state index >= 15 is 0 Å². The largest absolute Gasteiger partial charge is 0.497 e. The first kappa shape index (κ1) is 12.5. The molecule has 0 aliphatic heterocycles. The maximum Gasteiger partial charge on any atom is 0.265 e. The molecule has 18 heavy (non-hydrogen) atoms. The van der Waals surface area contributed by atoms with Crippen molar-refractivity contribution in [2.24, 2.45) is 0 Å². The van der Waals surface area contributed by atoms with Crippen LogP contribution >= 0.6 is 11.5 Å². The van der Waals surface area contributed by atoms with Crippen molar-refractivity contribution in [2.75, 3.05) is 13.7 Å². The summed E-state index contributed by atoms with van der Waals surface area (Å²) in [4.78, 5) is 12.3. The second-order valence-corrected chi connectivity index (χ2v) is 4.29. The van der Waals surface area contributed by atoms with Crippen molar-refractivity contribution >= 4 is 17.4 Å². The molecule has 0 unspecified atom stereocenters. The van der Waals surface area contributed by atoms with Crippen LogP contribution in [-0.2, 0) is 0 Å². The maximum atomic E-state index is 11.8. The molecule has 0 spiro atoms. The van der Waals surface area contributed by atoms with E-state index in [1.54, 1.807) is 7.11 Å². The molecule has 0 aliphatic rings. The SMILES string of the molecule is CCNC(=O)c1snnc1-c1ccc(OC)cc1. The lowest BCUT2D eigenvalue weighted by atomic mass is 10.1. The van der Waals surface area contributed by atoms with Gasteiger partial charge in [0.2, 0.25) is 0 Å². The Bertz CT molecular complexity index is 537. The first-order chi connectivity index (χ1) is 8.76. The Morgan fingerprint density at radius 1 is 1.39 bits per heavy atom. The van der Waals surface area contributed by atoms with Gasteiger partial charge in [0.05, 0.1) is 7.11 Å². The standard InChI is InChI=1S/C12H13N3O2S/c1-3-13-12(16)11-10(14-15-18-11)8-4-6-9(17-2)7-5-8/h4-7H,3H2,1-2H3,(H,13,16). The molecule has 1 N–H and O–H groups in total. The minimum atomic E-state index is -0.140. The molecule has 0 atom stereocenters. The highest BCUT2D eigenvalue weighted by Crippen LogP contribution is 2.25. The van der Waals surface area contributed by atoms with E-state index in [2.05, 4.69) is 14.9 Å². The fourth-order valence-electron chi connectivity index (χ4n) is 1.52. The van der Waals surface area contributed by atoms with Crippen LogP contribution in [0.1, 0.15) is 16.6 Å². The molecule has 0 aliphatic carbocycles. The molecule has 6 heteroatoms. The Kier molecular flexibility index (Phi) is 3.88. The molecule has 1 aromatic heterocycles. The highest BCUT2D eigenvalue weighted by molar-refractivity contribution is 7.08. The van der Waals surface area contributed by atoms with E-state index in [9.17, 15) is 4.79 Å². The van der Waals surface area contributed by atoms with Crippen molar-refractivity contribution in [1.82, 2.24) is 14.9 Å². The van der Waals surface area contributed by atoms with Crippen LogP contribution in [0, 0.1) is 0 Å². The average Bonchev–Trinajstić information content (AvgIpc) is 2.88. The molecule has 0 fully saturated rings. The normalized spacial score (nSPS) is 10.1. The van der Waals surface area contributed by atoms with Crippen LogP contribution in [-0.4, -0.2) is 29.1 Å². The number of hydrogen-bond acceptors (Lipinski definition) is 5. The molecule has 1 amide bonds. The molecule has 1 aromatic carbocycles. The number of carbonyl (C=O) groups is 1. The van der Waals surface area contributed by atoms with Crippen LogP contribution in [0.15, 0.2) is 24.3 Å². The Morgan fingerprint density at radius 3 is 2.72 bits per heavy atom. The Morgan fingerprint density at radius 2 is 2.11 bits per heavy atom. The van der Waals surface area contributed by atoms with Gasteiger partial charge in [-0.25, -0.2) is 0 Å². The predicted molar refractivity (Wildman–Crippen MR) is 69.9 cm³/mol. The number of ether oxygens (including phenoxy) is 1. The van der Waals surface area contributed by atoms with Gasteiger partial charge in [0.1, 0.15) is 16.3 Å². The van der Waals surface area contributed by atoms with Gasteiger partial charge >= 0.3 is 0 Å². The molecule has 2 rings (SSSR count). The molecule has 0 saturated heterocycles. The van der Waals surface area contributed by atoms with Gasteiger partial charge in [-0.3, -0.25) is 4.79 Å². The predicted octanol–water partition coefficient (Wildman–Crippen LogP) is 1.96. The summed E-state index contributed by atoms with van der Waals surface area (Å²) < 4.78 is 8.93. The van der Waals surface area contributed by atoms with E-state index in [4.69, 9.17) is 4.74 Å². The van der Waals surface area contributed by atoms with E-state index in [-0.39, 0.29) is 5.91 Å². The van der Waals surface area contributed by atoms with Gasteiger partial charge in [-0.15, -0.1) is 5.10 Å². The van der Waals surface area contributed by atoms with Crippen molar-refractivity contribution < 1.29 is 9.53 Å². The second-order valence-electron chi connectivity index (χ2n) is 3.54. The Hall–Kier alpha value is -1.95. The third-order valence-electron chi connectivity index (χ3n) is 2.40. The van der Waals surface area contributed by atoms with Crippen molar-refractivity contribution in [1.29, 1.82) is 0 Å². The molecule has 0 bridgehead atoms. The topological polar surface area (TPSA) is 64.1 Å². The zero-order valence-corrected chi connectivity index (χ0v) is 11.0. The van der Waals surface area contributed by atoms with Crippen LogP contribution in [0.4, 0.5) is 0 Å². The minimum Gasteiger partial charge on any atom is -0.497 e. The van der Waals surface area contributed by atoms with Crippen LogP contribution < -0.4 is 10.1 Å². The Labute approximate surface area is 109 Å². The van der Waals surface area contributed by atoms with Crippen LogP contribution in [0.2, 0.25) is 0 Å². The molecular weight excluding hydrogens is 250 g/mol. The number of nitrogens with one attached hydrogen (secondary N) is 1. The Balaban J connectivity index is 2.32. The fraction of sp³-hybridized carbons (Fsp3) is 0.250. The molecule has 2 aromatic rings. The molecule has 5 nitrogen and oxygen atoms in total. The van der Waals surface area contributed by atoms with E-state index in [0.29, 0.717) is 17.1 Å². The van der Waals surface area contributed by atoms with Crippen LogP contribution in [0.3, 0.4) is 0 Å². The number of carbonyl (C=O) groups excluding carboxylic acids is 1. The van der Waals surface area contributed by atoms with Crippen molar-refractivity contribution in [3.8, 4) is 17.0 Å². The van der Waals surface area contributed by atoms with Gasteiger partial charge in [0.15, 0.2) is 0 Å². The van der Waals surface area contributed by atoms with E-state index in [1.165, 1.54) is 0 Å². The van der Waals surface area contributed by atoms with Gasteiger partial charge in [0, 0.05) is 12.1 Å². The lowest BCUT2D eigenvalue weighted by molar-refractivity contribution is 0.0960. The summed E-state index contributed by atoms with van der Waals surface area (Å²) >= 11 is 1.10. The van der Waals surface area contributed by atoms with E-state index in [0.717, 1.165) is 22.8 Å². The summed E-state index contributed by atoms with van der Waals surface area (Å²) in [6.45, 7) is 2.46. The highest BCUT2D eigenvalue weighted by atomic mass is 32.1. The van der Waals surface area contributed by atoms with Crippen molar-refractivity contribution in [2.45, 2.75) is 6.92 Å². The zero-order chi connectivity index (χ0) is 13.0. The summed E-state index contributed by atoms with van der Waals surface area (Å²) in [5, 5.41) is 6.76. The number of hydrogen-bond donors (Lipinski definition) is 1. The highest BCUT2D eigenvalue weighted by Gasteiger charge is 2.16. The molecule has 0 radical (unpaired) electrons. The third kappa shape index (κ3) is 2.48. The van der Waals surface area contributed by atoms with Gasteiger partial charge in [0.25, 0.3) is 5.91 Å². The lowest BCUT2D eigenvalue weighted by Crippen LogP contribution is -2.22. The molecular formula is C12H13N3O2S. The first-order valence-corrected chi connectivity index (χ1v) is 6.28. The van der Waals surface area contributed by atoms with Gasteiger partial charge < -0.3 is 10.1 Å². The quantitative estimate of drug-likeness (QED) is 0.916.